The number of unbranched alkanes of at least 4 members (excludes halogenated alkanes) is 1. The number of phenolic OH excluding ortho intramolecular Hbond substituents is 1. The van der Waals surface area contributed by atoms with Crippen molar-refractivity contribution in [1.29, 1.82) is 0 Å². The third kappa shape index (κ3) is 6.66. The van der Waals surface area contributed by atoms with E-state index in [4.69, 9.17) is 14.5 Å². The van der Waals surface area contributed by atoms with Crippen LogP contribution in [0, 0.1) is 35.1 Å². The van der Waals surface area contributed by atoms with Gasteiger partial charge in [-0.25, -0.2) is 0 Å². The fraction of sp³-hybridized carbons (Fsp3) is 0.595. The van der Waals surface area contributed by atoms with E-state index in [-0.39, 0.29) is 42.3 Å². The van der Waals surface area contributed by atoms with E-state index in [1.807, 2.05) is 18.2 Å². The lowest BCUT2D eigenvalue weighted by Gasteiger charge is -2.39. The molecule has 7 rings (SSSR count). The molecule has 2 heterocycles. The van der Waals surface area contributed by atoms with Gasteiger partial charge in [0, 0.05) is 31.2 Å². The third-order valence-corrected chi connectivity index (χ3v) is 10.6. The van der Waals surface area contributed by atoms with Crippen LogP contribution in [0.15, 0.2) is 58.8 Å². The molecular weight excluding hydrogens is 568 g/mol. The zero-order valence-electron chi connectivity index (χ0n) is 26.8. The van der Waals surface area contributed by atoms with Crippen molar-refractivity contribution < 1.29 is 29.9 Å². The Balaban J connectivity index is 1.09. The second kappa shape index (κ2) is 13.8. The van der Waals surface area contributed by atoms with Crippen LogP contribution < -0.4 is 10.1 Å². The number of hydrogen-bond acceptors (Lipinski definition) is 8. The van der Waals surface area contributed by atoms with Crippen molar-refractivity contribution in [2.45, 2.75) is 89.9 Å². The van der Waals surface area contributed by atoms with Crippen LogP contribution in [0.2, 0.25) is 0 Å². The Morgan fingerprint density at radius 2 is 2.13 bits per heavy atom. The van der Waals surface area contributed by atoms with E-state index in [0.29, 0.717) is 37.1 Å². The summed E-state index contributed by atoms with van der Waals surface area (Å²) in [4.78, 5) is 5.01. The second-order valence-corrected chi connectivity index (χ2v) is 13.7. The van der Waals surface area contributed by atoms with Gasteiger partial charge in [0.1, 0.15) is 12.2 Å². The molecule has 2 saturated carbocycles. The van der Waals surface area contributed by atoms with Crippen molar-refractivity contribution in [2.24, 2.45) is 28.2 Å². The molecule has 4 aliphatic carbocycles. The van der Waals surface area contributed by atoms with Crippen molar-refractivity contribution in [2.75, 3.05) is 26.3 Å². The van der Waals surface area contributed by atoms with E-state index in [1.165, 1.54) is 18.4 Å². The quantitative estimate of drug-likeness (QED) is 0.139. The molecule has 5 N–H and O–H groups in total. The summed E-state index contributed by atoms with van der Waals surface area (Å²) in [6.07, 6.45) is 16.7. The number of allylic oxidation sites excluding steroid dienone is 3. The minimum absolute atomic E-state index is 0.0118. The molecule has 8 nitrogen and oxygen atoms in total. The average Bonchev–Trinajstić information content (AvgIpc) is 3.75. The number of hydrogen-bond donors (Lipinski definition) is 5. The highest BCUT2D eigenvalue weighted by Crippen LogP contribution is 2.60. The van der Waals surface area contributed by atoms with E-state index in [0.717, 1.165) is 61.6 Å². The molecule has 2 aliphatic heterocycles. The number of aliphatic imine (C=N–C) groups is 1. The van der Waals surface area contributed by atoms with Gasteiger partial charge in [-0.3, -0.25) is 0 Å². The molecule has 2 bridgehead atoms. The topological polar surface area (TPSA) is 124 Å². The Bertz CT molecular complexity index is 1320. The lowest BCUT2D eigenvalue weighted by atomic mass is 9.64. The zero-order valence-corrected chi connectivity index (χ0v) is 26.8. The summed E-state index contributed by atoms with van der Waals surface area (Å²) in [6, 6.07) is 5.94. The summed E-state index contributed by atoms with van der Waals surface area (Å²) in [5.74, 6) is 3.31. The van der Waals surface area contributed by atoms with Crippen molar-refractivity contribution >= 4 is 5.71 Å². The van der Waals surface area contributed by atoms with Gasteiger partial charge in [0.2, 0.25) is 0 Å². The molecule has 1 aromatic carbocycles. The smallest absolute Gasteiger partial charge is 0.196 e. The van der Waals surface area contributed by atoms with Crippen LogP contribution in [0.5, 0.6) is 11.5 Å². The largest absolute Gasteiger partial charge is 0.592 e. The van der Waals surface area contributed by atoms with Crippen molar-refractivity contribution in [3.05, 3.63) is 71.4 Å². The van der Waals surface area contributed by atoms with Crippen LogP contribution in [-0.2, 0) is 11.2 Å². The lowest BCUT2D eigenvalue weighted by Crippen LogP contribution is -2.41. The van der Waals surface area contributed by atoms with Crippen LogP contribution in [0.1, 0.15) is 70.8 Å². The van der Waals surface area contributed by atoms with E-state index < -0.39 is 12.2 Å². The number of aromatic hydroxyl groups is 1. The summed E-state index contributed by atoms with van der Waals surface area (Å²) in [5.41, 5.74) is 3.38. The minimum Gasteiger partial charge on any atom is -0.592 e. The molecule has 0 amide bonds. The van der Waals surface area contributed by atoms with Crippen molar-refractivity contribution in [3.63, 3.8) is 0 Å². The number of nitrogens with zero attached hydrogens (tertiary/aromatic N) is 1. The fourth-order valence-corrected chi connectivity index (χ4v) is 8.24. The van der Waals surface area contributed by atoms with Crippen LogP contribution in [0.25, 0.3) is 0 Å². The van der Waals surface area contributed by atoms with E-state index in [2.05, 4.69) is 30.5 Å². The predicted octanol–water partition coefficient (Wildman–Crippen LogP) is 4.98. The first-order valence-electron chi connectivity index (χ1n) is 17.0. The highest BCUT2D eigenvalue weighted by Gasteiger charge is 2.59. The normalized spacial score (nSPS) is 29.5. The molecule has 1 unspecified atom stereocenters. The summed E-state index contributed by atoms with van der Waals surface area (Å²) >= 11 is 0. The minimum atomic E-state index is -0.935. The second-order valence-electron chi connectivity index (χ2n) is 13.7. The van der Waals surface area contributed by atoms with Gasteiger partial charge in [0.25, 0.3) is 0 Å². The SMILES string of the molecule is CCCCC1OC(CCc2ccc(O)c(OC[C@H](O)[C+]3C=C4C(=N3)[C@H]3C=C[C@@]5(CCC[C@@H]5C3)[C@@H]4CNC[C@H](C)O)c2)=C[C-]1CO. The Morgan fingerprint density at radius 1 is 1.27 bits per heavy atom. The van der Waals surface area contributed by atoms with Gasteiger partial charge >= 0.3 is 0 Å². The molecule has 45 heavy (non-hydrogen) atoms. The average molecular weight is 619 g/mol. The molecular formula is C37H50N2O6. The first-order chi connectivity index (χ1) is 21.8. The maximum absolute atomic E-state index is 11.3. The van der Waals surface area contributed by atoms with Gasteiger partial charge in [-0.2, -0.15) is 12.0 Å². The van der Waals surface area contributed by atoms with Crippen molar-refractivity contribution in [1.82, 2.24) is 5.32 Å². The lowest BCUT2D eigenvalue weighted by molar-refractivity contribution is 0.119. The third-order valence-electron chi connectivity index (χ3n) is 10.6. The first-order valence-corrected chi connectivity index (χ1v) is 17.0. The van der Waals surface area contributed by atoms with Gasteiger partial charge in [0.15, 0.2) is 29.4 Å². The number of nitrogens with one attached hydrogen (secondary N) is 1. The summed E-state index contributed by atoms with van der Waals surface area (Å²) in [6.45, 7) is 5.26. The van der Waals surface area contributed by atoms with E-state index in [1.54, 1.807) is 13.0 Å². The van der Waals surface area contributed by atoms with Gasteiger partial charge < -0.3 is 35.2 Å². The molecule has 244 valence electrons. The monoisotopic (exact) mass is 618 g/mol. The van der Waals surface area contributed by atoms with Gasteiger partial charge in [-0.05, 0) is 62.6 Å². The fourth-order valence-electron chi connectivity index (χ4n) is 8.24. The molecule has 0 aromatic heterocycles. The van der Waals surface area contributed by atoms with Gasteiger partial charge in [0.05, 0.1) is 24.0 Å². The highest BCUT2D eigenvalue weighted by molar-refractivity contribution is 6.07. The number of benzene rings is 1. The summed E-state index contributed by atoms with van der Waals surface area (Å²) < 4.78 is 12.1. The number of phenols is 1. The molecule has 1 spiro atoms. The molecule has 6 aliphatic rings. The van der Waals surface area contributed by atoms with Crippen molar-refractivity contribution in [3.8, 4) is 11.5 Å². The Kier molecular flexibility index (Phi) is 9.85. The maximum atomic E-state index is 11.3. The van der Waals surface area contributed by atoms with Crippen LogP contribution in [0.4, 0.5) is 0 Å². The first kappa shape index (κ1) is 32.0. The van der Waals surface area contributed by atoms with E-state index in [9.17, 15) is 20.4 Å². The number of ether oxygens (including phenoxy) is 2. The molecule has 0 saturated heterocycles. The zero-order chi connectivity index (χ0) is 31.6. The summed E-state index contributed by atoms with van der Waals surface area (Å²) in [5, 5.41) is 44.9. The molecule has 8 heteroatoms. The number of aliphatic hydroxyl groups is 3. The highest BCUT2D eigenvalue weighted by atomic mass is 16.5. The molecule has 2 fully saturated rings. The Labute approximate surface area is 267 Å². The van der Waals surface area contributed by atoms with Crippen LogP contribution >= 0.6 is 0 Å². The predicted molar refractivity (Wildman–Crippen MR) is 175 cm³/mol. The molecule has 7 atom stereocenters. The van der Waals surface area contributed by atoms with Gasteiger partial charge in [-0.15, -0.1) is 4.99 Å². The van der Waals surface area contributed by atoms with Gasteiger partial charge in [-0.1, -0.05) is 56.6 Å². The number of aryl methyl sites for hydroxylation is 1. The standard InChI is InChI=1S/C37H50N2O6/c1-3-4-7-34-26(21-40)17-28(45-34)10-8-24-9-11-32(42)35(15-24)44-22-33(43)31-18-29-30(20-38-19-23(2)41)37-13-5-6-27(37)16-25(12-14-37)36(29)39-31/h9,11-12,14-15,17-18,23,25,27,30,33-34,38,40-43H,3-8,10,13,16,19-22H2,1-2H3/t23-,25-,27+,30+,33-,34?,37+/m0/s1. The maximum Gasteiger partial charge on any atom is 0.196 e. The number of aliphatic hydroxyl groups excluding tert-OH is 3. The molecule has 1 aromatic rings. The molecule has 0 radical (unpaired) electrons. The number of rotatable bonds is 15. The summed E-state index contributed by atoms with van der Waals surface area (Å²) in [7, 11) is 0. The Morgan fingerprint density at radius 3 is 2.93 bits per heavy atom. The van der Waals surface area contributed by atoms with Crippen LogP contribution in [-0.4, -0.2) is 70.8 Å². The van der Waals surface area contributed by atoms with E-state index >= 15 is 0 Å². The Hall–Kier alpha value is -2.91. The van der Waals surface area contributed by atoms with Crippen LogP contribution in [0.3, 0.4) is 0 Å².